The fourth-order valence-electron chi connectivity index (χ4n) is 2.81. The van der Waals surface area contributed by atoms with E-state index in [2.05, 4.69) is 4.98 Å². The van der Waals surface area contributed by atoms with E-state index in [4.69, 9.17) is 4.74 Å². The van der Waals surface area contributed by atoms with Crippen molar-refractivity contribution in [3.05, 3.63) is 70.3 Å². The molecule has 0 saturated carbocycles. The average Bonchev–Trinajstić information content (AvgIpc) is 2.62. The number of hydrogen-bond donors (Lipinski definition) is 0. The maximum atomic E-state index is 13.2. The number of carbonyl (C=O) groups excluding carboxylic acids is 1. The van der Waals surface area contributed by atoms with Crippen molar-refractivity contribution in [3.8, 4) is 5.69 Å². The summed E-state index contributed by atoms with van der Waals surface area (Å²) in [6, 6.07) is 14.8. The lowest BCUT2D eigenvalue weighted by Gasteiger charge is -2.17. The molecular formula is C20H20N2O3. The van der Waals surface area contributed by atoms with Gasteiger partial charge < -0.3 is 4.74 Å². The Morgan fingerprint density at radius 1 is 1.20 bits per heavy atom. The largest absolute Gasteiger partial charge is 0.465 e. The highest BCUT2D eigenvalue weighted by molar-refractivity contribution is 5.81. The quantitative estimate of drug-likeness (QED) is 0.686. The Bertz CT molecular complexity index is 977. The predicted molar refractivity (Wildman–Crippen MR) is 97.1 cm³/mol. The number of para-hydroxylation sites is 1. The summed E-state index contributed by atoms with van der Waals surface area (Å²) in [6.07, 6.45) is 0. The molecule has 3 rings (SSSR count). The Hall–Kier alpha value is -2.95. The number of aromatic nitrogens is 2. The highest BCUT2D eigenvalue weighted by Crippen LogP contribution is 2.21. The molecule has 0 radical (unpaired) electrons. The number of nitrogens with zero attached hydrogens (tertiary/aromatic N) is 2. The molecule has 0 fully saturated rings. The van der Waals surface area contributed by atoms with Gasteiger partial charge in [0.1, 0.15) is 11.7 Å². The Balaban J connectivity index is 2.32. The SMILES string of the molecule is CCOC(=O)C(C)c1nc2ccc(C)cc2c(=O)n1-c1ccccc1. The average molecular weight is 336 g/mol. The Morgan fingerprint density at radius 2 is 1.92 bits per heavy atom. The summed E-state index contributed by atoms with van der Waals surface area (Å²) in [6.45, 7) is 5.68. The molecule has 1 aromatic heterocycles. The first kappa shape index (κ1) is 16.9. The minimum atomic E-state index is -0.654. The molecule has 128 valence electrons. The zero-order chi connectivity index (χ0) is 18.0. The van der Waals surface area contributed by atoms with Crippen molar-refractivity contribution in [2.45, 2.75) is 26.7 Å². The van der Waals surface area contributed by atoms with Crippen molar-refractivity contribution in [1.29, 1.82) is 0 Å². The van der Waals surface area contributed by atoms with Gasteiger partial charge in [-0.05, 0) is 45.0 Å². The maximum Gasteiger partial charge on any atom is 0.316 e. The van der Waals surface area contributed by atoms with Gasteiger partial charge in [0.2, 0.25) is 0 Å². The molecule has 25 heavy (non-hydrogen) atoms. The van der Waals surface area contributed by atoms with Crippen LogP contribution in [-0.2, 0) is 9.53 Å². The fraction of sp³-hybridized carbons (Fsp3) is 0.250. The van der Waals surface area contributed by atoms with Crippen molar-refractivity contribution in [2.75, 3.05) is 6.61 Å². The summed E-state index contributed by atoms with van der Waals surface area (Å²) >= 11 is 0. The lowest BCUT2D eigenvalue weighted by Crippen LogP contribution is -2.28. The molecule has 1 heterocycles. The molecule has 5 nitrogen and oxygen atoms in total. The fourth-order valence-corrected chi connectivity index (χ4v) is 2.81. The maximum absolute atomic E-state index is 13.2. The van der Waals surface area contributed by atoms with Crippen LogP contribution in [0.25, 0.3) is 16.6 Å². The Morgan fingerprint density at radius 3 is 2.60 bits per heavy atom. The topological polar surface area (TPSA) is 61.2 Å². The highest BCUT2D eigenvalue weighted by atomic mass is 16.5. The molecule has 0 aliphatic heterocycles. The number of fused-ring (bicyclic) bond motifs is 1. The monoisotopic (exact) mass is 336 g/mol. The van der Waals surface area contributed by atoms with Crippen molar-refractivity contribution in [2.24, 2.45) is 0 Å². The molecule has 1 atom stereocenters. The number of ether oxygens (including phenoxy) is 1. The second-order valence-electron chi connectivity index (χ2n) is 5.94. The molecule has 0 aliphatic carbocycles. The van der Waals surface area contributed by atoms with Crippen LogP contribution in [0.3, 0.4) is 0 Å². The lowest BCUT2D eigenvalue weighted by molar-refractivity contribution is -0.144. The van der Waals surface area contributed by atoms with E-state index in [0.29, 0.717) is 22.4 Å². The van der Waals surface area contributed by atoms with Crippen molar-refractivity contribution in [3.63, 3.8) is 0 Å². The summed E-state index contributed by atoms with van der Waals surface area (Å²) in [5.74, 6) is -0.671. The van der Waals surface area contributed by atoms with Crippen LogP contribution in [0.2, 0.25) is 0 Å². The van der Waals surface area contributed by atoms with E-state index >= 15 is 0 Å². The molecule has 3 aromatic rings. The molecule has 2 aromatic carbocycles. The van der Waals surface area contributed by atoms with E-state index in [0.717, 1.165) is 5.56 Å². The van der Waals surface area contributed by atoms with Crippen molar-refractivity contribution >= 4 is 16.9 Å². The summed E-state index contributed by atoms with van der Waals surface area (Å²) in [4.78, 5) is 30.0. The molecule has 0 aliphatic rings. The number of hydrogen-bond acceptors (Lipinski definition) is 4. The van der Waals surface area contributed by atoms with Crippen LogP contribution in [0.1, 0.15) is 31.2 Å². The Kier molecular flexibility index (Phi) is 4.65. The molecular weight excluding hydrogens is 316 g/mol. The zero-order valence-electron chi connectivity index (χ0n) is 14.5. The van der Waals surface area contributed by atoms with Crippen LogP contribution in [0.5, 0.6) is 0 Å². The molecule has 1 unspecified atom stereocenters. The first-order valence-corrected chi connectivity index (χ1v) is 8.28. The predicted octanol–water partition coefficient (Wildman–Crippen LogP) is 3.36. The molecule has 5 heteroatoms. The lowest BCUT2D eigenvalue weighted by atomic mass is 10.1. The first-order valence-electron chi connectivity index (χ1n) is 8.28. The van der Waals surface area contributed by atoms with E-state index in [-0.39, 0.29) is 12.2 Å². The van der Waals surface area contributed by atoms with Gasteiger partial charge in [0, 0.05) is 0 Å². The van der Waals surface area contributed by atoms with Gasteiger partial charge in [-0.2, -0.15) is 0 Å². The summed E-state index contributed by atoms with van der Waals surface area (Å²) in [7, 11) is 0. The third-order valence-corrected chi connectivity index (χ3v) is 4.09. The van der Waals surface area contributed by atoms with Gasteiger partial charge in [0.05, 0.1) is 23.2 Å². The van der Waals surface area contributed by atoms with Gasteiger partial charge in [0.15, 0.2) is 0 Å². The molecule has 0 saturated heterocycles. The molecule has 0 amide bonds. The van der Waals surface area contributed by atoms with E-state index < -0.39 is 11.9 Å². The summed E-state index contributed by atoms with van der Waals surface area (Å²) in [5.41, 5.74) is 2.05. The second kappa shape index (κ2) is 6.89. The highest BCUT2D eigenvalue weighted by Gasteiger charge is 2.24. The van der Waals surface area contributed by atoms with Crippen molar-refractivity contribution in [1.82, 2.24) is 9.55 Å². The molecule has 0 N–H and O–H groups in total. The van der Waals surface area contributed by atoms with E-state index in [9.17, 15) is 9.59 Å². The number of carbonyl (C=O) groups is 1. The van der Waals surface area contributed by atoms with Crippen LogP contribution in [0.4, 0.5) is 0 Å². The van der Waals surface area contributed by atoms with E-state index in [1.165, 1.54) is 4.57 Å². The normalized spacial score (nSPS) is 12.1. The summed E-state index contributed by atoms with van der Waals surface area (Å²) in [5, 5.41) is 0.531. The second-order valence-corrected chi connectivity index (χ2v) is 5.94. The van der Waals surface area contributed by atoms with E-state index in [1.807, 2.05) is 55.5 Å². The smallest absolute Gasteiger partial charge is 0.316 e. The molecule has 0 bridgehead atoms. The standard InChI is InChI=1S/C20H20N2O3/c1-4-25-20(24)14(3)18-21-17-11-10-13(2)12-16(17)19(23)22(18)15-8-6-5-7-9-15/h5-12,14H,4H2,1-3H3. The number of esters is 1. The number of rotatable bonds is 4. The van der Waals surface area contributed by atoms with Gasteiger partial charge in [-0.15, -0.1) is 0 Å². The van der Waals surface area contributed by atoms with Crippen LogP contribution in [-0.4, -0.2) is 22.1 Å². The Labute approximate surface area is 145 Å². The third kappa shape index (κ3) is 3.18. The minimum Gasteiger partial charge on any atom is -0.465 e. The minimum absolute atomic E-state index is 0.189. The van der Waals surface area contributed by atoms with Gasteiger partial charge in [-0.1, -0.05) is 29.8 Å². The number of aryl methyl sites for hydroxylation is 1. The van der Waals surface area contributed by atoms with Crippen LogP contribution < -0.4 is 5.56 Å². The molecule has 0 spiro atoms. The van der Waals surface area contributed by atoms with Gasteiger partial charge >= 0.3 is 5.97 Å². The zero-order valence-corrected chi connectivity index (χ0v) is 14.5. The van der Waals surface area contributed by atoms with Gasteiger partial charge in [-0.25, -0.2) is 4.98 Å². The van der Waals surface area contributed by atoms with Crippen LogP contribution in [0, 0.1) is 6.92 Å². The van der Waals surface area contributed by atoms with Crippen molar-refractivity contribution < 1.29 is 9.53 Å². The van der Waals surface area contributed by atoms with Gasteiger partial charge in [-0.3, -0.25) is 14.2 Å². The first-order chi connectivity index (χ1) is 12.0. The van der Waals surface area contributed by atoms with Gasteiger partial charge in [0.25, 0.3) is 5.56 Å². The summed E-state index contributed by atoms with van der Waals surface area (Å²) < 4.78 is 6.63. The third-order valence-electron chi connectivity index (χ3n) is 4.09. The van der Waals surface area contributed by atoms with Crippen LogP contribution in [0.15, 0.2) is 53.3 Å². The number of benzene rings is 2. The van der Waals surface area contributed by atoms with Crippen LogP contribution >= 0.6 is 0 Å². The van der Waals surface area contributed by atoms with E-state index in [1.54, 1.807) is 13.8 Å².